The SMILES string of the molecule is Nc1ccc2[nH]c(C(=O)NCC3(O)CCCCC3)cc2c1. The van der Waals surface area contributed by atoms with Crippen LogP contribution in [-0.4, -0.2) is 28.1 Å². The number of aliphatic hydroxyl groups is 1. The number of nitrogens with one attached hydrogen (secondary N) is 2. The predicted molar refractivity (Wildman–Crippen MR) is 83.1 cm³/mol. The third kappa shape index (κ3) is 3.03. The number of fused-ring (bicyclic) bond motifs is 1. The molecule has 1 aromatic carbocycles. The molecule has 1 heterocycles. The molecule has 1 aliphatic rings. The number of rotatable bonds is 3. The van der Waals surface area contributed by atoms with E-state index in [0.717, 1.165) is 36.6 Å². The number of aromatic nitrogens is 1. The Morgan fingerprint density at radius 1 is 1.29 bits per heavy atom. The lowest BCUT2D eigenvalue weighted by atomic mass is 9.85. The molecule has 0 spiro atoms. The molecule has 112 valence electrons. The van der Waals surface area contributed by atoms with E-state index in [1.54, 1.807) is 12.1 Å². The van der Waals surface area contributed by atoms with Gasteiger partial charge in [-0.15, -0.1) is 0 Å². The van der Waals surface area contributed by atoms with Gasteiger partial charge in [-0.05, 0) is 37.1 Å². The summed E-state index contributed by atoms with van der Waals surface area (Å²) in [5.41, 5.74) is 7.04. The van der Waals surface area contributed by atoms with E-state index in [1.165, 1.54) is 6.42 Å². The minimum absolute atomic E-state index is 0.191. The number of carbonyl (C=O) groups excluding carboxylic acids is 1. The number of hydrogen-bond donors (Lipinski definition) is 4. The van der Waals surface area contributed by atoms with Crippen molar-refractivity contribution in [2.45, 2.75) is 37.7 Å². The van der Waals surface area contributed by atoms with Crippen molar-refractivity contribution < 1.29 is 9.90 Å². The average molecular weight is 287 g/mol. The number of carbonyl (C=O) groups is 1. The van der Waals surface area contributed by atoms with Gasteiger partial charge in [0.2, 0.25) is 0 Å². The normalized spacial score (nSPS) is 17.8. The number of nitrogen functional groups attached to an aromatic ring is 1. The fourth-order valence-electron chi connectivity index (χ4n) is 3.00. The van der Waals surface area contributed by atoms with Crippen molar-refractivity contribution in [1.29, 1.82) is 0 Å². The largest absolute Gasteiger partial charge is 0.399 e. The maximum atomic E-state index is 12.2. The van der Waals surface area contributed by atoms with Crippen LogP contribution in [-0.2, 0) is 0 Å². The smallest absolute Gasteiger partial charge is 0.267 e. The monoisotopic (exact) mass is 287 g/mol. The molecule has 21 heavy (non-hydrogen) atoms. The fraction of sp³-hybridized carbons (Fsp3) is 0.438. The molecule has 5 heteroatoms. The molecule has 5 N–H and O–H groups in total. The molecular weight excluding hydrogens is 266 g/mol. The molecule has 0 saturated heterocycles. The van der Waals surface area contributed by atoms with Crippen molar-refractivity contribution in [2.75, 3.05) is 12.3 Å². The van der Waals surface area contributed by atoms with Crippen LogP contribution < -0.4 is 11.1 Å². The summed E-state index contributed by atoms with van der Waals surface area (Å²) < 4.78 is 0. The van der Waals surface area contributed by atoms with Gasteiger partial charge in [-0.1, -0.05) is 19.3 Å². The van der Waals surface area contributed by atoms with Crippen molar-refractivity contribution >= 4 is 22.5 Å². The lowest BCUT2D eigenvalue weighted by Crippen LogP contribution is -2.44. The molecule has 1 saturated carbocycles. The highest BCUT2D eigenvalue weighted by molar-refractivity contribution is 5.98. The van der Waals surface area contributed by atoms with Gasteiger partial charge in [0.25, 0.3) is 5.91 Å². The van der Waals surface area contributed by atoms with E-state index in [4.69, 9.17) is 5.73 Å². The molecular formula is C16H21N3O2. The van der Waals surface area contributed by atoms with Gasteiger partial charge in [0, 0.05) is 23.1 Å². The Balaban J connectivity index is 1.69. The Hall–Kier alpha value is -2.01. The van der Waals surface area contributed by atoms with E-state index in [-0.39, 0.29) is 5.91 Å². The van der Waals surface area contributed by atoms with Gasteiger partial charge in [0.05, 0.1) is 5.60 Å². The Morgan fingerprint density at radius 2 is 2.05 bits per heavy atom. The van der Waals surface area contributed by atoms with Gasteiger partial charge in [0.1, 0.15) is 5.69 Å². The predicted octanol–water partition coefficient (Wildman–Crippen LogP) is 2.18. The van der Waals surface area contributed by atoms with Crippen molar-refractivity contribution in [2.24, 2.45) is 0 Å². The Bertz CT molecular complexity index is 657. The topological polar surface area (TPSA) is 91.1 Å². The lowest BCUT2D eigenvalue weighted by Gasteiger charge is -2.32. The van der Waals surface area contributed by atoms with Crippen LogP contribution in [0.4, 0.5) is 5.69 Å². The molecule has 0 unspecified atom stereocenters. The van der Waals surface area contributed by atoms with Crippen molar-refractivity contribution in [3.8, 4) is 0 Å². The second-order valence-corrected chi connectivity index (χ2v) is 6.00. The summed E-state index contributed by atoms with van der Waals surface area (Å²) in [5, 5.41) is 14.1. The van der Waals surface area contributed by atoms with E-state index in [2.05, 4.69) is 10.3 Å². The van der Waals surface area contributed by atoms with E-state index >= 15 is 0 Å². The second kappa shape index (κ2) is 5.41. The molecule has 1 amide bonds. The Morgan fingerprint density at radius 3 is 2.81 bits per heavy atom. The zero-order valence-electron chi connectivity index (χ0n) is 12.0. The van der Waals surface area contributed by atoms with Crippen LogP contribution in [0.2, 0.25) is 0 Å². The summed E-state index contributed by atoms with van der Waals surface area (Å²) >= 11 is 0. The van der Waals surface area contributed by atoms with Crippen LogP contribution >= 0.6 is 0 Å². The van der Waals surface area contributed by atoms with E-state index in [0.29, 0.717) is 17.9 Å². The summed E-state index contributed by atoms with van der Waals surface area (Å²) in [4.78, 5) is 15.3. The number of H-pyrrole nitrogens is 1. The summed E-state index contributed by atoms with van der Waals surface area (Å²) in [6.07, 6.45) is 4.74. The maximum Gasteiger partial charge on any atom is 0.267 e. The first-order valence-electron chi connectivity index (χ1n) is 7.45. The van der Waals surface area contributed by atoms with E-state index < -0.39 is 5.60 Å². The number of nitrogens with two attached hydrogens (primary N) is 1. The van der Waals surface area contributed by atoms with E-state index in [9.17, 15) is 9.90 Å². The lowest BCUT2D eigenvalue weighted by molar-refractivity contribution is 0.00522. The minimum Gasteiger partial charge on any atom is -0.399 e. The standard InChI is InChI=1S/C16H21N3O2/c17-12-4-5-13-11(8-12)9-14(19-13)15(20)18-10-16(21)6-2-1-3-7-16/h4-5,8-9,19,21H,1-3,6-7,10,17H2,(H,18,20). The molecule has 5 nitrogen and oxygen atoms in total. The third-order valence-corrected chi connectivity index (χ3v) is 4.25. The van der Waals surface area contributed by atoms with Crippen LogP contribution in [0.15, 0.2) is 24.3 Å². The minimum atomic E-state index is -0.746. The first-order chi connectivity index (χ1) is 10.1. The van der Waals surface area contributed by atoms with Gasteiger partial charge >= 0.3 is 0 Å². The number of amides is 1. The first-order valence-corrected chi connectivity index (χ1v) is 7.45. The third-order valence-electron chi connectivity index (χ3n) is 4.25. The highest BCUT2D eigenvalue weighted by Gasteiger charge is 2.29. The number of hydrogen-bond acceptors (Lipinski definition) is 3. The maximum absolute atomic E-state index is 12.2. The van der Waals surface area contributed by atoms with Crippen LogP contribution in [0.5, 0.6) is 0 Å². The van der Waals surface area contributed by atoms with Crippen molar-refractivity contribution in [3.63, 3.8) is 0 Å². The quantitative estimate of drug-likeness (QED) is 0.652. The molecule has 0 bridgehead atoms. The first kappa shape index (κ1) is 13.9. The molecule has 1 aromatic heterocycles. The highest BCUT2D eigenvalue weighted by atomic mass is 16.3. The average Bonchev–Trinajstić information content (AvgIpc) is 2.88. The molecule has 1 fully saturated rings. The second-order valence-electron chi connectivity index (χ2n) is 6.00. The number of aromatic amines is 1. The molecule has 3 rings (SSSR count). The summed E-state index contributed by atoms with van der Waals surface area (Å²) in [6.45, 7) is 0.309. The van der Waals surface area contributed by atoms with Crippen LogP contribution in [0.1, 0.15) is 42.6 Å². The van der Waals surface area contributed by atoms with Crippen LogP contribution in [0.25, 0.3) is 10.9 Å². The Kier molecular flexibility index (Phi) is 3.59. The van der Waals surface area contributed by atoms with Crippen molar-refractivity contribution in [1.82, 2.24) is 10.3 Å². The zero-order chi connectivity index (χ0) is 14.9. The van der Waals surface area contributed by atoms with Gasteiger partial charge in [-0.3, -0.25) is 4.79 Å². The summed E-state index contributed by atoms with van der Waals surface area (Å²) in [7, 11) is 0. The van der Waals surface area contributed by atoms with Gasteiger partial charge in [0.15, 0.2) is 0 Å². The van der Waals surface area contributed by atoms with Crippen molar-refractivity contribution in [3.05, 3.63) is 30.0 Å². The Labute approximate surface area is 123 Å². The highest BCUT2D eigenvalue weighted by Crippen LogP contribution is 2.27. The van der Waals surface area contributed by atoms with Crippen LogP contribution in [0.3, 0.4) is 0 Å². The number of benzene rings is 1. The molecule has 0 aliphatic heterocycles. The van der Waals surface area contributed by atoms with Crippen LogP contribution in [0, 0.1) is 0 Å². The molecule has 2 aromatic rings. The fourth-order valence-corrected chi connectivity index (χ4v) is 3.00. The molecule has 1 aliphatic carbocycles. The van der Waals surface area contributed by atoms with Gasteiger partial charge in [-0.2, -0.15) is 0 Å². The zero-order valence-corrected chi connectivity index (χ0v) is 12.0. The van der Waals surface area contributed by atoms with Gasteiger partial charge < -0.3 is 21.1 Å². The summed E-state index contributed by atoms with van der Waals surface area (Å²) in [6, 6.07) is 7.27. The summed E-state index contributed by atoms with van der Waals surface area (Å²) in [5.74, 6) is -0.191. The van der Waals surface area contributed by atoms with E-state index in [1.807, 2.05) is 12.1 Å². The van der Waals surface area contributed by atoms with Gasteiger partial charge in [-0.25, -0.2) is 0 Å². The molecule has 0 radical (unpaired) electrons. The number of anilines is 1. The molecule has 0 atom stereocenters.